The van der Waals surface area contributed by atoms with Crippen molar-refractivity contribution in [2.75, 3.05) is 0 Å². The fourth-order valence-corrected chi connectivity index (χ4v) is 12.5. The number of carboxylic acids is 1. The number of rotatable bonds is 11. The van der Waals surface area contributed by atoms with Gasteiger partial charge in [-0.25, -0.2) is 4.68 Å². The summed E-state index contributed by atoms with van der Waals surface area (Å²) in [5.74, 6) is -0.422. The highest BCUT2D eigenvalue weighted by molar-refractivity contribution is 6.30. The summed E-state index contributed by atoms with van der Waals surface area (Å²) >= 11 is 6.17. The van der Waals surface area contributed by atoms with Crippen LogP contribution in [-0.4, -0.2) is 38.3 Å². The van der Waals surface area contributed by atoms with Gasteiger partial charge in [-0.3, -0.25) is 23.9 Å². The van der Waals surface area contributed by atoms with Gasteiger partial charge in [0.25, 0.3) is 5.56 Å². The van der Waals surface area contributed by atoms with E-state index < -0.39 is 22.8 Å². The average Bonchev–Trinajstić information content (AvgIpc) is 3.55. The lowest BCUT2D eigenvalue weighted by atomic mass is 9.36. The molecule has 0 aliphatic heterocycles. The van der Waals surface area contributed by atoms with Crippen LogP contribution in [0.4, 0.5) is 0 Å². The molecule has 1 aromatic heterocycles. The third-order valence-electron chi connectivity index (χ3n) is 15.8. The Labute approximate surface area is 339 Å². The van der Waals surface area contributed by atoms with E-state index in [0.717, 1.165) is 74.6 Å². The van der Waals surface area contributed by atoms with E-state index in [1.54, 1.807) is 18.5 Å². The molecule has 2 aromatic rings. The molecule has 0 saturated heterocycles. The van der Waals surface area contributed by atoms with E-state index in [2.05, 4.69) is 55.4 Å². The largest absolute Gasteiger partial charge is 0.481 e. The summed E-state index contributed by atoms with van der Waals surface area (Å²) in [6.07, 6.45) is 8.88. The number of carbonyl (C=O) groups is 3. The minimum atomic E-state index is -1.19. The number of ether oxygens (including phenoxy) is 1. The fourth-order valence-electron chi connectivity index (χ4n) is 12.4. The average molecular weight is 792 g/mol. The van der Waals surface area contributed by atoms with Gasteiger partial charge >= 0.3 is 11.9 Å². The van der Waals surface area contributed by atoms with Crippen molar-refractivity contribution < 1.29 is 24.2 Å². The zero-order valence-corrected chi connectivity index (χ0v) is 36.7. The van der Waals surface area contributed by atoms with E-state index in [4.69, 9.17) is 16.3 Å². The van der Waals surface area contributed by atoms with Gasteiger partial charge in [0.2, 0.25) is 0 Å². The van der Waals surface area contributed by atoms with Gasteiger partial charge in [0.1, 0.15) is 6.10 Å². The molecule has 3 fully saturated rings. The summed E-state index contributed by atoms with van der Waals surface area (Å²) in [5, 5.41) is 10.3. The standard InChI is InChI=1S/C47H67ClN2O6/c1-29(2)39-33(51)26-47(35-25-37(52)50(49(35)11)28-30-13-15-31(48)16-14-30)24-23-45(9)32(40(39)47)17-18-34-44(8,20-12-21-46(34,45)10)22-19-36(42(3,4)5)56-38(53)27-43(6,7)41(54)55/h13-16,25,29,32,34,36H,12,17-24,26-28H2,1-11H3,(H,54,55)/t32-,34-,36+,44-,45-,46-,47+/m1/s1. The maximum atomic E-state index is 14.3. The van der Waals surface area contributed by atoms with Crippen LogP contribution in [-0.2, 0) is 38.1 Å². The molecule has 0 spiro atoms. The molecule has 6 rings (SSSR count). The maximum Gasteiger partial charge on any atom is 0.309 e. The molecule has 0 unspecified atom stereocenters. The summed E-state index contributed by atoms with van der Waals surface area (Å²) < 4.78 is 9.98. The maximum absolute atomic E-state index is 14.3. The SMILES string of the molecule is CC(C)C1=C2[C@H]3CC[C@@H]4[C@@](C)(CC[C@H](OC(=O)CC(C)(C)C(=O)O)C(C)(C)C)CCC[C@@]4(C)[C@]3(C)CC[C@@]2(c2cc(=O)n(Cc3ccc(Cl)cc3)n2C)CC1=O. The molecule has 1 aromatic carbocycles. The van der Waals surface area contributed by atoms with Gasteiger partial charge in [0.05, 0.1) is 24.1 Å². The third-order valence-corrected chi connectivity index (χ3v) is 16.0. The van der Waals surface area contributed by atoms with E-state index >= 15 is 0 Å². The minimum Gasteiger partial charge on any atom is -0.481 e. The molecule has 1 N–H and O–H groups in total. The Morgan fingerprint density at radius 3 is 2.23 bits per heavy atom. The number of hydrogen-bond donors (Lipinski definition) is 1. The van der Waals surface area contributed by atoms with Crippen LogP contribution in [0.25, 0.3) is 0 Å². The van der Waals surface area contributed by atoms with Crippen molar-refractivity contribution in [2.45, 2.75) is 158 Å². The summed E-state index contributed by atoms with van der Waals surface area (Å²) in [4.78, 5) is 53.0. The number of allylic oxidation sites excluding steroid dienone is 2. The number of Topliss-reactive ketones (excluding diaryl/α,β-unsaturated/α-hetero) is 1. The van der Waals surface area contributed by atoms with Crippen molar-refractivity contribution in [2.24, 2.45) is 51.9 Å². The molecule has 0 bridgehead atoms. The van der Waals surface area contributed by atoms with E-state index in [-0.39, 0.29) is 57.4 Å². The van der Waals surface area contributed by atoms with Crippen molar-refractivity contribution in [1.29, 1.82) is 0 Å². The number of benzene rings is 1. The van der Waals surface area contributed by atoms with Gasteiger partial charge in [-0.15, -0.1) is 0 Å². The Bertz CT molecular complexity index is 1960. The molecule has 3 saturated carbocycles. The molecule has 0 amide bonds. The van der Waals surface area contributed by atoms with Crippen LogP contribution >= 0.6 is 11.6 Å². The number of esters is 1. The zero-order chi connectivity index (χ0) is 41.4. The van der Waals surface area contributed by atoms with Crippen molar-refractivity contribution in [3.63, 3.8) is 0 Å². The van der Waals surface area contributed by atoms with Crippen molar-refractivity contribution in [1.82, 2.24) is 9.36 Å². The van der Waals surface area contributed by atoms with Gasteiger partial charge < -0.3 is 9.84 Å². The van der Waals surface area contributed by atoms with Crippen LogP contribution in [0.2, 0.25) is 5.02 Å². The van der Waals surface area contributed by atoms with Crippen LogP contribution in [0.5, 0.6) is 0 Å². The Balaban J connectivity index is 1.32. The van der Waals surface area contributed by atoms with Gasteiger partial charge in [0, 0.05) is 30.0 Å². The number of aliphatic carboxylic acids is 1. The van der Waals surface area contributed by atoms with Gasteiger partial charge in [-0.1, -0.05) is 85.5 Å². The van der Waals surface area contributed by atoms with E-state index in [9.17, 15) is 24.3 Å². The van der Waals surface area contributed by atoms with Crippen molar-refractivity contribution >= 4 is 29.3 Å². The zero-order valence-electron chi connectivity index (χ0n) is 35.9. The number of aromatic nitrogens is 2. The van der Waals surface area contributed by atoms with E-state index in [1.807, 2.05) is 42.1 Å². The third kappa shape index (κ3) is 7.06. The molecule has 4 aliphatic carbocycles. The molecule has 9 heteroatoms. The molecule has 8 nitrogen and oxygen atoms in total. The number of ketones is 1. The van der Waals surface area contributed by atoms with E-state index in [1.165, 1.54) is 5.57 Å². The molecular formula is C47H67ClN2O6. The first-order valence-electron chi connectivity index (χ1n) is 21.1. The smallest absolute Gasteiger partial charge is 0.309 e. The predicted molar refractivity (Wildman–Crippen MR) is 222 cm³/mol. The Morgan fingerprint density at radius 1 is 0.964 bits per heavy atom. The molecule has 4 aliphatic rings. The fraction of sp³-hybridized carbons (Fsp3) is 0.702. The summed E-state index contributed by atoms with van der Waals surface area (Å²) in [6, 6.07) is 9.45. The number of fused-ring (bicyclic) bond motifs is 5. The van der Waals surface area contributed by atoms with Crippen LogP contribution < -0.4 is 5.56 Å². The van der Waals surface area contributed by atoms with Crippen molar-refractivity contribution in [3.05, 3.63) is 68.1 Å². The van der Waals surface area contributed by atoms with Crippen molar-refractivity contribution in [3.8, 4) is 0 Å². The Morgan fingerprint density at radius 2 is 1.62 bits per heavy atom. The lowest BCUT2D eigenvalue weighted by Gasteiger charge is -2.68. The number of halogens is 1. The molecule has 308 valence electrons. The lowest BCUT2D eigenvalue weighted by Crippen LogP contribution is -2.61. The number of nitrogens with zero attached hydrogens (tertiary/aromatic N) is 2. The van der Waals surface area contributed by atoms with Gasteiger partial charge in [-0.05, 0) is 133 Å². The van der Waals surface area contributed by atoms with Crippen LogP contribution in [0.15, 0.2) is 46.3 Å². The Hall–Kier alpha value is -3.13. The molecular weight excluding hydrogens is 724 g/mol. The normalized spacial score (nSPS) is 31.2. The minimum absolute atomic E-state index is 0.0294. The predicted octanol–water partition coefficient (Wildman–Crippen LogP) is 10.3. The first-order chi connectivity index (χ1) is 25.9. The topological polar surface area (TPSA) is 108 Å². The van der Waals surface area contributed by atoms with Gasteiger partial charge in [0.15, 0.2) is 5.78 Å². The first-order valence-corrected chi connectivity index (χ1v) is 21.5. The highest BCUT2D eigenvalue weighted by Gasteiger charge is 2.67. The van der Waals surface area contributed by atoms with Crippen LogP contribution in [0.3, 0.4) is 0 Å². The quantitative estimate of drug-likeness (QED) is 0.227. The second kappa shape index (κ2) is 14.6. The van der Waals surface area contributed by atoms with Gasteiger partial charge in [-0.2, -0.15) is 0 Å². The summed E-state index contributed by atoms with van der Waals surface area (Å²) in [7, 11) is 1.99. The number of carbonyl (C=O) groups excluding carboxylic acids is 2. The number of carboxylic acid groups (broad SMARTS) is 1. The Kier molecular flexibility index (Phi) is 11.1. The molecule has 56 heavy (non-hydrogen) atoms. The molecule has 7 atom stereocenters. The highest BCUT2D eigenvalue weighted by Crippen LogP contribution is 2.74. The second-order valence-corrected chi connectivity index (χ2v) is 21.5. The summed E-state index contributed by atoms with van der Waals surface area (Å²) in [5.41, 5.74) is 2.29. The highest BCUT2D eigenvalue weighted by atomic mass is 35.5. The first kappa shape index (κ1) is 42.5. The van der Waals surface area contributed by atoms with Crippen LogP contribution in [0, 0.1) is 44.8 Å². The second-order valence-electron chi connectivity index (χ2n) is 21.0. The lowest BCUT2D eigenvalue weighted by molar-refractivity contribution is -0.172. The van der Waals surface area contributed by atoms with Crippen LogP contribution in [0.1, 0.15) is 151 Å². The van der Waals surface area contributed by atoms with E-state index in [0.29, 0.717) is 23.9 Å². The summed E-state index contributed by atoms with van der Waals surface area (Å²) in [6.45, 7) is 21.8. The molecule has 0 radical (unpaired) electrons. The number of hydrogen-bond acceptors (Lipinski definition) is 5. The molecule has 1 heterocycles. The monoisotopic (exact) mass is 790 g/mol.